The van der Waals surface area contributed by atoms with Crippen LogP contribution in [-0.4, -0.2) is 94.9 Å². The Balaban J connectivity index is 1.41. The minimum Gasteiger partial charge on any atom is -0.492 e. The molecule has 1 fully saturated rings. The molecule has 4 aliphatic rings. The molecule has 1 aromatic carbocycles. The zero-order chi connectivity index (χ0) is 28.2. The molecule has 5 rings (SSSR count). The van der Waals surface area contributed by atoms with Gasteiger partial charge in [-0.3, -0.25) is 20.4 Å². The van der Waals surface area contributed by atoms with Gasteiger partial charge < -0.3 is 36.1 Å². The quantitative estimate of drug-likeness (QED) is 0.167. The van der Waals surface area contributed by atoms with E-state index in [1.54, 1.807) is 12.1 Å². The zero-order valence-corrected chi connectivity index (χ0v) is 22.3. The summed E-state index contributed by atoms with van der Waals surface area (Å²) in [4.78, 5) is 34.5. The average Bonchev–Trinajstić information content (AvgIpc) is 3.35. The molecule has 39 heavy (non-hydrogen) atoms. The van der Waals surface area contributed by atoms with E-state index in [1.165, 1.54) is 4.90 Å². The van der Waals surface area contributed by atoms with Gasteiger partial charge in [-0.05, 0) is 24.3 Å². The molecule has 1 spiro atoms. The Hall–Kier alpha value is -3.78. The van der Waals surface area contributed by atoms with Crippen molar-refractivity contribution >= 4 is 23.9 Å². The molecule has 2 unspecified atom stereocenters. The standard InChI is InChI=1S/C25H36N8O6/c1-4-9-39-22(35)28-11-15-18-24(32-20(26)31-18)25(36,37)16(12-33(24)21(27)29-15)30-19(34)13-6-5-7-14-17(13)38-10-8-23(14,2)3/h5-7,15-16,18,36-37H,4,8-12H2,1-3H3,(H2,27,29)(H,28,35)(H,30,34)(H3,26,31,32)/p+1/t15-,16?,18-,24?/m0/s1. The highest BCUT2D eigenvalue weighted by Crippen LogP contribution is 2.42. The van der Waals surface area contributed by atoms with Crippen molar-refractivity contribution in [2.45, 2.75) is 68.6 Å². The van der Waals surface area contributed by atoms with Crippen molar-refractivity contribution in [1.82, 2.24) is 20.9 Å². The first kappa shape index (κ1) is 26.8. The van der Waals surface area contributed by atoms with Gasteiger partial charge in [-0.25, -0.2) is 15.1 Å². The highest BCUT2D eigenvalue weighted by Gasteiger charge is 2.76. The maximum absolute atomic E-state index is 13.5. The number of rotatable bonds is 6. The van der Waals surface area contributed by atoms with Crippen LogP contribution in [0.5, 0.6) is 5.75 Å². The number of amides is 2. The van der Waals surface area contributed by atoms with E-state index in [9.17, 15) is 19.8 Å². The summed E-state index contributed by atoms with van der Waals surface area (Å²) in [7, 11) is 0. The van der Waals surface area contributed by atoms with Gasteiger partial charge in [-0.15, -0.1) is 0 Å². The van der Waals surface area contributed by atoms with Crippen molar-refractivity contribution < 1.29 is 34.3 Å². The number of fused-ring (bicyclic) bond motifs is 1. The van der Waals surface area contributed by atoms with Crippen LogP contribution in [0.2, 0.25) is 0 Å². The van der Waals surface area contributed by atoms with Gasteiger partial charge in [0.25, 0.3) is 11.6 Å². The van der Waals surface area contributed by atoms with E-state index in [-0.39, 0.29) is 37.0 Å². The second-order valence-corrected chi connectivity index (χ2v) is 11.0. The molecule has 4 aliphatic heterocycles. The molecular formula is C25H37N8O6+. The van der Waals surface area contributed by atoms with Gasteiger partial charge >= 0.3 is 12.1 Å². The van der Waals surface area contributed by atoms with Crippen LogP contribution in [0.1, 0.15) is 49.5 Å². The first-order chi connectivity index (χ1) is 18.4. The van der Waals surface area contributed by atoms with Crippen LogP contribution in [0.25, 0.3) is 0 Å². The number of para-hydroxylation sites is 1. The van der Waals surface area contributed by atoms with Crippen LogP contribution in [0, 0.1) is 0 Å². The second kappa shape index (κ2) is 9.45. The predicted molar refractivity (Wildman–Crippen MR) is 140 cm³/mol. The molecule has 0 saturated carbocycles. The number of aliphatic imine (C=N–C) groups is 1. The number of nitrogens with two attached hydrogens (primary N) is 2. The predicted octanol–water partition coefficient (Wildman–Crippen LogP) is -3.26. The molecule has 10 N–H and O–H groups in total. The number of guanidine groups is 2. The molecule has 1 saturated heterocycles. The third-order valence-corrected chi connectivity index (χ3v) is 8.04. The number of aliphatic hydroxyl groups is 2. The van der Waals surface area contributed by atoms with Gasteiger partial charge in [0, 0.05) is 12.1 Å². The number of nitrogens with one attached hydrogen (secondary N) is 4. The summed E-state index contributed by atoms with van der Waals surface area (Å²) in [6.07, 6.45) is 0.849. The fourth-order valence-electron chi connectivity index (χ4n) is 5.96. The summed E-state index contributed by atoms with van der Waals surface area (Å²) in [5, 5.41) is 31.6. The fraction of sp³-hybridized carbons (Fsp3) is 0.600. The van der Waals surface area contributed by atoms with Crippen molar-refractivity contribution in [3.63, 3.8) is 0 Å². The third-order valence-electron chi connectivity index (χ3n) is 8.04. The van der Waals surface area contributed by atoms with E-state index in [4.69, 9.17) is 20.9 Å². The van der Waals surface area contributed by atoms with Gasteiger partial charge in [0.2, 0.25) is 5.79 Å². The summed E-state index contributed by atoms with van der Waals surface area (Å²) >= 11 is 0. The number of hydrogen-bond acceptors (Lipinski definition) is 11. The van der Waals surface area contributed by atoms with Crippen molar-refractivity contribution in [2.24, 2.45) is 16.5 Å². The molecule has 0 bridgehead atoms. The Labute approximate surface area is 225 Å². The molecule has 14 heteroatoms. The first-order valence-corrected chi connectivity index (χ1v) is 13.1. The Morgan fingerprint density at radius 3 is 2.85 bits per heavy atom. The molecule has 14 nitrogen and oxygen atoms in total. The lowest BCUT2D eigenvalue weighted by atomic mass is 9.79. The fourth-order valence-corrected chi connectivity index (χ4v) is 5.96. The molecule has 4 atom stereocenters. The summed E-state index contributed by atoms with van der Waals surface area (Å²) < 4.78 is 10.9. The number of alkyl carbamates (subject to hydrolysis) is 1. The summed E-state index contributed by atoms with van der Waals surface area (Å²) in [6, 6.07) is 2.59. The lowest BCUT2D eigenvalue weighted by Crippen LogP contribution is -2.90. The largest absolute Gasteiger partial charge is 0.492 e. The molecule has 2 amide bonds. The Morgan fingerprint density at radius 2 is 2.10 bits per heavy atom. The smallest absolute Gasteiger partial charge is 0.407 e. The van der Waals surface area contributed by atoms with E-state index in [2.05, 4.69) is 39.8 Å². The molecule has 4 heterocycles. The van der Waals surface area contributed by atoms with E-state index in [1.807, 2.05) is 13.0 Å². The van der Waals surface area contributed by atoms with E-state index < -0.39 is 41.6 Å². The topological polar surface area (TPSA) is 211 Å². The number of nitrogens with zero attached hydrogens (tertiary/aromatic N) is 2. The van der Waals surface area contributed by atoms with Crippen LogP contribution in [0.4, 0.5) is 4.79 Å². The van der Waals surface area contributed by atoms with E-state index >= 15 is 0 Å². The van der Waals surface area contributed by atoms with Crippen LogP contribution in [0.15, 0.2) is 23.2 Å². The van der Waals surface area contributed by atoms with Gasteiger partial charge in [-0.1, -0.05) is 32.9 Å². The number of carbonyl (C=O) groups excluding carboxylic acids is 2. The maximum atomic E-state index is 13.5. The van der Waals surface area contributed by atoms with Crippen molar-refractivity contribution in [3.8, 4) is 5.75 Å². The van der Waals surface area contributed by atoms with E-state index in [0.29, 0.717) is 24.3 Å². The second-order valence-electron chi connectivity index (χ2n) is 11.0. The minimum atomic E-state index is -2.57. The molecule has 0 radical (unpaired) electrons. The van der Waals surface area contributed by atoms with Gasteiger partial charge in [-0.2, -0.15) is 0 Å². The zero-order valence-electron chi connectivity index (χ0n) is 22.3. The van der Waals surface area contributed by atoms with Gasteiger partial charge in [0.1, 0.15) is 17.8 Å². The highest BCUT2D eigenvalue weighted by atomic mass is 16.5. The highest BCUT2D eigenvalue weighted by molar-refractivity contribution is 5.98. The number of benzene rings is 1. The van der Waals surface area contributed by atoms with Crippen molar-refractivity contribution in [2.75, 3.05) is 26.3 Å². The normalized spacial score (nSPS) is 29.5. The summed E-state index contributed by atoms with van der Waals surface area (Å²) in [5.74, 6) is -2.54. The number of carbonyl (C=O) groups is 2. The molecule has 212 valence electrons. The molecule has 1 aromatic rings. The Kier molecular flexibility index (Phi) is 6.50. The Bertz CT molecular complexity index is 1230. The van der Waals surface area contributed by atoms with E-state index in [0.717, 1.165) is 12.0 Å². The SMILES string of the molecule is CCCOC(=O)NC[C@@H]1N=C(N)N2CC(NC(=O)c3cccc4c3OCCC4(C)C)C(O)(O)C23NC(N)=[NH+][C@@H]13. The number of ether oxygens (including phenoxy) is 2. The average molecular weight is 546 g/mol. The molecular weight excluding hydrogens is 508 g/mol. The minimum absolute atomic E-state index is 0.00428. The van der Waals surface area contributed by atoms with Crippen LogP contribution in [-0.2, 0) is 10.2 Å². The summed E-state index contributed by atoms with van der Waals surface area (Å²) in [5.41, 5.74) is 11.7. The summed E-state index contributed by atoms with van der Waals surface area (Å²) in [6.45, 7) is 6.70. The van der Waals surface area contributed by atoms with Gasteiger partial charge in [0.15, 0.2) is 12.0 Å². The molecule has 0 aromatic heterocycles. The maximum Gasteiger partial charge on any atom is 0.407 e. The number of hydrogen-bond donors (Lipinski definition) is 8. The van der Waals surface area contributed by atoms with Crippen LogP contribution >= 0.6 is 0 Å². The monoisotopic (exact) mass is 545 g/mol. The first-order valence-electron chi connectivity index (χ1n) is 13.1. The van der Waals surface area contributed by atoms with Crippen LogP contribution < -0.4 is 37.1 Å². The van der Waals surface area contributed by atoms with Crippen molar-refractivity contribution in [3.05, 3.63) is 29.3 Å². The lowest BCUT2D eigenvalue weighted by molar-refractivity contribution is -0.521. The molecule has 0 aliphatic carbocycles. The lowest BCUT2D eigenvalue weighted by Gasteiger charge is -2.46. The van der Waals surface area contributed by atoms with Crippen molar-refractivity contribution in [1.29, 1.82) is 0 Å². The third kappa shape index (κ3) is 4.18. The van der Waals surface area contributed by atoms with Gasteiger partial charge in [0.05, 0.1) is 25.3 Å². The Morgan fingerprint density at radius 1 is 1.33 bits per heavy atom. The van der Waals surface area contributed by atoms with Crippen LogP contribution in [0.3, 0.4) is 0 Å².